The first-order valence-corrected chi connectivity index (χ1v) is 9.51. The Labute approximate surface area is 143 Å². The van der Waals surface area contributed by atoms with E-state index in [1.165, 1.54) is 63.9 Å². The monoisotopic (exact) mass is 328 g/mol. The average molecular weight is 328 g/mol. The second kappa shape index (κ2) is 8.36. The fraction of sp³-hybridized carbons (Fsp3) is 0.571. The molecule has 1 N–H and O–H groups in total. The number of fused-ring (bicyclic) bond motifs is 1. The molecular formula is C21H28O3. The van der Waals surface area contributed by atoms with E-state index in [0.29, 0.717) is 16.9 Å². The van der Waals surface area contributed by atoms with Crippen LogP contribution in [0.1, 0.15) is 82.3 Å². The summed E-state index contributed by atoms with van der Waals surface area (Å²) >= 11 is 0. The van der Waals surface area contributed by atoms with Gasteiger partial charge in [-0.2, -0.15) is 0 Å². The number of aromatic hydroxyl groups is 1. The highest BCUT2D eigenvalue weighted by molar-refractivity contribution is 5.78. The lowest BCUT2D eigenvalue weighted by Crippen LogP contribution is -2.07. The quantitative estimate of drug-likeness (QED) is 0.710. The molecule has 1 heterocycles. The number of phenols is 1. The Bertz CT molecular complexity index is 705. The fourth-order valence-electron chi connectivity index (χ4n) is 3.81. The van der Waals surface area contributed by atoms with Crippen molar-refractivity contribution in [3.8, 4) is 5.75 Å². The Balaban J connectivity index is 1.82. The van der Waals surface area contributed by atoms with Crippen LogP contribution in [0, 0.1) is 0 Å². The van der Waals surface area contributed by atoms with Crippen molar-refractivity contribution in [1.82, 2.24) is 0 Å². The van der Waals surface area contributed by atoms with Crippen LogP contribution in [0.2, 0.25) is 0 Å². The lowest BCUT2D eigenvalue weighted by Gasteiger charge is -2.17. The van der Waals surface area contributed by atoms with Gasteiger partial charge in [0.15, 0.2) is 5.43 Å². The predicted octanol–water partition coefficient (Wildman–Crippen LogP) is 5.89. The van der Waals surface area contributed by atoms with E-state index >= 15 is 0 Å². The van der Waals surface area contributed by atoms with Gasteiger partial charge in [-0.15, -0.1) is 0 Å². The SMILES string of the molecule is O=c1cc(C2CCCCCCCCCCC2)oc2ccc(O)cc12. The van der Waals surface area contributed by atoms with E-state index < -0.39 is 0 Å². The molecule has 0 bridgehead atoms. The highest BCUT2D eigenvalue weighted by Crippen LogP contribution is 2.31. The molecule has 1 aliphatic carbocycles. The molecule has 3 rings (SSSR count). The van der Waals surface area contributed by atoms with E-state index in [0.717, 1.165) is 18.6 Å². The van der Waals surface area contributed by atoms with E-state index in [9.17, 15) is 9.90 Å². The maximum Gasteiger partial charge on any atom is 0.193 e. The predicted molar refractivity (Wildman–Crippen MR) is 97.7 cm³/mol. The molecule has 0 aliphatic heterocycles. The van der Waals surface area contributed by atoms with Crippen molar-refractivity contribution >= 4 is 11.0 Å². The zero-order valence-electron chi connectivity index (χ0n) is 14.4. The molecule has 2 aromatic rings. The van der Waals surface area contributed by atoms with Gasteiger partial charge in [-0.3, -0.25) is 4.79 Å². The first-order chi connectivity index (χ1) is 11.7. The van der Waals surface area contributed by atoms with Crippen LogP contribution in [0.25, 0.3) is 11.0 Å². The second-order valence-electron chi connectivity index (χ2n) is 7.15. The normalized spacial score (nSPS) is 18.8. The molecule has 1 aromatic heterocycles. The van der Waals surface area contributed by atoms with Gasteiger partial charge in [0, 0.05) is 12.0 Å². The maximum absolute atomic E-state index is 12.4. The third kappa shape index (κ3) is 4.40. The topological polar surface area (TPSA) is 50.4 Å². The zero-order valence-corrected chi connectivity index (χ0v) is 14.4. The summed E-state index contributed by atoms with van der Waals surface area (Å²) in [7, 11) is 0. The van der Waals surface area contributed by atoms with Crippen molar-refractivity contribution < 1.29 is 9.52 Å². The standard InChI is InChI=1S/C21H28O3/c22-17-12-13-20-18(14-17)19(23)15-21(24-20)16-10-8-6-4-2-1-3-5-7-9-11-16/h12-16,22H,1-11H2. The van der Waals surface area contributed by atoms with Gasteiger partial charge in [-0.1, -0.05) is 57.8 Å². The van der Waals surface area contributed by atoms with Gasteiger partial charge in [0.25, 0.3) is 0 Å². The van der Waals surface area contributed by atoms with E-state index in [4.69, 9.17) is 4.42 Å². The zero-order chi connectivity index (χ0) is 16.8. The molecule has 1 aromatic carbocycles. The van der Waals surface area contributed by atoms with E-state index in [1.807, 2.05) is 0 Å². The van der Waals surface area contributed by atoms with E-state index in [-0.39, 0.29) is 11.2 Å². The Hall–Kier alpha value is -1.77. The Kier molecular flexibility index (Phi) is 5.95. The molecule has 0 saturated heterocycles. The van der Waals surface area contributed by atoms with E-state index in [2.05, 4.69) is 0 Å². The van der Waals surface area contributed by atoms with Gasteiger partial charge in [0.2, 0.25) is 0 Å². The van der Waals surface area contributed by atoms with Crippen LogP contribution >= 0.6 is 0 Å². The van der Waals surface area contributed by atoms with Crippen LogP contribution in [0.5, 0.6) is 5.75 Å². The number of rotatable bonds is 1. The van der Waals surface area contributed by atoms with Gasteiger partial charge < -0.3 is 9.52 Å². The number of hydrogen-bond donors (Lipinski definition) is 1. The molecular weight excluding hydrogens is 300 g/mol. The molecule has 3 heteroatoms. The first kappa shape index (κ1) is 17.1. The highest BCUT2D eigenvalue weighted by atomic mass is 16.3. The summed E-state index contributed by atoms with van der Waals surface area (Å²) in [6.45, 7) is 0. The summed E-state index contributed by atoms with van der Waals surface area (Å²) in [5, 5.41) is 10.0. The van der Waals surface area contributed by atoms with Crippen LogP contribution in [-0.2, 0) is 0 Å². The molecule has 0 unspecified atom stereocenters. The fourth-order valence-corrected chi connectivity index (χ4v) is 3.81. The summed E-state index contributed by atoms with van der Waals surface area (Å²) in [6, 6.07) is 6.42. The second-order valence-corrected chi connectivity index (χ2v) is 7.15. The molecule has 130 valence electrons. The van der Waals surface area contributed by atoms with Crippen LogP contribution in [0.4, 0.5) is 0 Å². The molecule has 1 fully saturated rings. The number of hydrogen-bond acceptors (Lipinski definition) is 3. The van der Waals surface area contributed by atoms with Gasteiger partial charge in [-0.25, -0.2) is 0 Å². The van der Waals surface area contributed by atoms with Gasteiger partial charge in [-0.05, 0) is 31.0 Å². The maximum atomic E-state index is 12.4. The van der Waals surface area contributed by atoms with Crippen molar-refractivity contribution in [1.29, 1.82) is 0 Å². The van der Waals surface area contributed by atoms with E-state index in [1.54, 1.807) is 18.2 Å². The average Bonchev–Trinajstić information content (AvgIpc) is 2.56. The molecule has 0 atom stereocenters. The molecule has 0 amide bonds. The molecule has 1 saturated carbocycles. The van der Waals surface area contributed by atoms with Crippen molar-refractivity contribution in [2.45, 2.75) is 76.5 Å². The Morgan fingerprint density at radius 2 is 1.42 bits per heavy atom. The summed E-state index contributed by atoms with van der Waals surface area (Å²) in [6.07, 6.45) is 13.9. The van der Waals surface area contributed by atoms with Gasteiger partial charge in [0.05, 0.1) is 5.39 Å². The Morgan fingerprint density at radius 3 is 2.04 bits per heavy atom. The Morgan fingerprint density at radius 1 is 0.833 bits per heavy atom. The number of benzene rings is 1. The van der Waals surface area contributed by atoms with Crippen molar-refractivity contribution in [3.05, 3.63) is 40.2 Å². The number of phenolic OH excluding ortho intramolecular Hbond substituents is 1. The third-order valence-corrected chi connectivity index (χ3v) is 5.24. The van der Waals surface area contributed by atoms with Gasteiger partial charge in [0.1, 0.15) is 17.1 Å². The van der Waals surface area contributed by atoms with Crippen LogP contribution in [-0.4, -0.2) is 5.11 Å². The van der Waals surface area contributed by atoms with Crippen LogP contribution < -0.4 is 5.43 Å². The van der Waals surface area contributed by atoms with Crippen molar-refractivity contribution in [2.24, 2.45) is 0 Å². The summed E-state index contributed by atoms with van der Waals surface area (Å²) in [5.74, 6) is 1.28. The molecule has 3 nitrogen and oxygen atoms in total. The first-order valence-electron chi connectivity index (χ1n) is 9.51. The minimum Gasteiger partial charge on any atom is -0.508 e. The van der Waals surface area contributed by atoms with Crippen LogP contribution in [0.15, 0.2) is 33.5 Å². The van der Waals surface area contributed by atoms with Crippen molar-refractivity contribution in [3.63, 3.8) is 0 Å². The smallest absolute Gasteiger partial charge is 0.193 e. The molecule has 0 spiro atoms. The van der Waals surface area contributed by atoms with Gasteiger partial charge >= 0.3 is 0 Å². The molecule has 1 aliphatic rings. The largest absolute Gasteiger partial charge is 0.508 e. The lowest BCUT2D eigenvalue weighted by atomic mass is 9.90. The lowest BCUT2D eigenvalue weighted by molar-refractivity contribution is 0.406. The minimum absolute atomic E-state index is 0.0479. The summed E-state index contributed by atoms with van der Waals surface area (Å²) in [4.78, 5) is 12.4. The van der Waals surface area contributed by atoms with Crippen LogP contribution in [0.3, 0.4) is 0 Å². The third-order valence-electron chi connectivity index (χ3n) is 5.24. The summed E-state index contributed by atoms with van der Waals surface area (Å²) in [5.41, 5.74) is 0.537. The summed E-state index contributed by atoms with van der Waals surface area (Å²) < 4.78 is 6.05. The van der Waals surface area contributed by atoms with Crippen molar-refractivity contribution in [2.75, 3.05) is 0 Å². The molecule has 24 heavy (non-hydrogen) atoms. The highest BCUT2D eigenvalue weighted by Gasteiger charge is 2.17. The molecule has 0 radical (unpaired) electrons. The minimum atomic E-state index is -0.0479.